The van der Waals surface area contributed by atoms with E-state index in [9.17, 15) is 4.39 Å². The Bertz CT molecular complexity index is 443. The number of nitrogen functional groups attached to an aromatic ring is 1. The van der Waals surface area contributed by atoms with Crippen LogP contribution < -0.4 is 5.73 Å². The monoisotopic (exact) mass is 191 g/mol. The van der Waals surface area contributed by atoms with Gasteiger partial charge in [-0.05, 0) is 19.1 Å². The predicted octanol–water partition coefficient (Wildman–Crippen LogP) is 1.90. The maximum atomic E-state index is 13.3. The molecule has 0 fully saturated rings. The molecule has 72 valence electrons. The molecule has 0 aliphatic heterocycles. The maximum absolute atomic E-state index is 13.3. The van der Waals surface area contributed by atoms with Gasteiger partial charge >= 0.3 is 0 Å². The Labute approximate surface area is 81.0 Å². The van der Waals surface area contributed by atoms with E-state index in [2.05, 4.69) is 5.10 Å². The molecule has 3 nitrogen and oxygen atoms in total. The number of benzene rings is 1. The van der Waals surface area contributed by atoms with Crippen molar-refractivity contribution in [3.8, 4) is 5.69 Å². The van der Waals surface area contributed by atoms with Gasteiger partial charge in [0.1, 0.15) is 11.5 Å². The molecule has 2 aromatic rings. The summed E-state index contributed by atoms with van der Waals surface area (Å²) < 4.78 is 14.8. The minimum Gasteiger partial charge on any atom is -0.396 e. The van der Waals surface area contributed by atoms with Crippen molar-refractivity contribution in [1.82, 2.24) is 9.78 Å². The lowest BCUT2D eigenvalue weighted by molar-refractivity contribution is 0.610. The van der Waals surface area contributed by atoms with Crippen molar-refractivity contribution >= 4 is 5.69 Å². The Morgan fingerprint density at radius 1 is 1.36 bits per heavy atom. The number of aryl methyl sites for hydroxylation is 1. The van der Waals surface area contributed by atoms with Crippen molar-refractivity contribution in [2.24, 2.45) is 0 Å². The third-order valence-electron chi connectivity index (χ3n) is 2.04. The number of halogens is 1. The van der Waals surface area contributed by atoms with E-state index in [1.807, 2.05) is 0 Å². The van der Waals surface area contributed by atoms with Crippen LogP contribution in [0, 0.1) is 12.7 Å². The second kappa shape index (κ2) is 3.14. The normalized spacial score (nSPS) is 10.4. The molecule has 0 radical (unpaired) electrons. The van der Waals surface area contributed by atoms with Crippen molar-refractivity contribution in [2.75, 3.05) is 5.73 Å². The van der Waals surface area contributed by atoms with E-state index in [-0.39, 0.29) is 5.82 Å². The standard InChI is InChI=1S/C10H10FN3/c1-7-9(12)6-14(13-7)10-5-3-2-4-8(10)11/h2-6H,12H2,1H3. The van der Waals surface area contributed by atoms with E-state index < -0.39 is 0 Å². The lowest BCUT2D eigenvalue weighted by atomic mass is 10.3. The molecule has 0 aliphatic carbocycles. The fourth-order valence-corrected chi connectivity index (χ4v) is 1.23. The molecule has 2 N–H and O–H groups in total. The molecule has 1 aromatic carbocycles. The number of anilines is 1. The average molecular weight is 191 g/mol. The topological polar surface area (TPSA) is 43.8 Å². The fraction of sp³-hybridized carbons (Fsp3) is 0.100. The molecule has 14 heavy (non-hydrogen) atoms. The van der Waals surface area contributed by atoms with Crippen LogP contribution in [-0.4, -0.2) is 9.78 Å². The smallest absolute Gasteiger partial charge is 0.148 e. The third kappa shape index (κ3) is 1.35. The molecule has 1 aromatic heterocycles. The molecule has 0 unspecified atom stereocenters. The van der Waals surface area contributed by atoms with E-state index >= 15 is 0 Å². The van der Waals surface area contributed by atoms with E-state index in [4.69, 9.17) is 5.73 Å². The van der Waals surface area contributed by atoms with Gasteiger partial charge in [-0.15, -0.1) is 0 Å². The van der Waals surface area contributed by atoms with Crippen LogP contribution in [-0.2, 0) is 0 Å². The summed E-state index contributed by atoms with van der Waals surface area (Å²) in [6.45, 7) is 1.78. The Morgan fingerprint density at radius 2 is 2.07 bits per heavy atom. The van der Waals surface area contributed by atoms with Gasteiger partial charge in [0.2, 0.25) is 0 Å². The largest absolute Gasteiger partial charge is 0.396 e. The zero-order chi connectivity index (χ0) is 10.1. The van der Waals surface area contributed by atoms with Gasteiger partial charge < -0.3 is 5.73 Å². The molecule has 0 spiro atoms. The molecule has 0 atom stereocenters. The SMILES string of the molecule is Cc1nn(-c2ccccc2F)cc1N. The summed E-state index contributed by atoms with van der Waals surface area (Å²) in [6, 6.07) is 6.44. The zero-order valence-electron chi connectivity index (χ0n) is 7.74. The number of nitrogens with zero attached hydrogens (tertiary/aromatic N) is 2. The van der Waals surface area contributed by atoms with Gasteiger partial charge in [-0.25, -0.2) is 9.07 Å². The highest BCUT2D eigenvalue weighted by Crippen LogP contribution is 2.15. The van der Waals surface area contributed by atoms with Gasteiger partial charge in [-0.1, -0.05) is 12.1 Å². The Kier molecular flexibility index (Phi) is 1.96. The lowest BCUT2D eigenvalue weighted by Crippen LogP contribution is -1.97. The van der Waals surface area contributed by atoms with Crippen LogP contribution in [0.1, 0.15) is 5.69 Å². The van der Waals surface area contributed by atoms with E-state index in [1.54, 1.807) is 31.3 Å². The van der Waals surface area contributed by atoms with E-state index in [1.165, 1.54) is 10.7 Å². The highest BCUT2D eigenvalue weighted by Gasteiger charge is 2.06. The summed E-state index contributed by atoms with van der Waals surface area (Å²) in [5, 5.41) is 4.09. The molecular formula is C10H10FN3. The first-order valence-corrected chi connectivity index (χ1v) is 4.25. The summed E-state index contributed by atoms with van der Waals surface area (Å²) in [5.74, 6) is -0.310. The van der Waals surface area contributed by atoms with Gasteiger partial charge in [-0.2, -0.15) is 5.10 Å². The molecule has 4 heteroatoms. The highest BCUT2D eigenvalue weighted by atomic mass is 19.1. The molecule has 0 amide bonds. The van der Waals surface area contributed by atoms with Crippen LogP contribution >= 0.6 is 0 Å². The minimum absolute atomic E-state index is 0.310. The zero-order valence-corrected chi connectivity index (χ0v) is 7.74. The predicted molar refractivity (Wildman–Crippen MR) is 52.7 cm³/mol. The number of para-hydroxylation sites is 1. The maximum Gasteiger partial charge on any atom is 0.148 e. The van der Waals surface area contributed by atoms with Gasteiger partial charge in [-0.3, -0.25) is 0 Å². The molecule has 0 bridgehead atoms. The third-order valence-corrected chi connectivity index (χ3v) is 2.04. The van der Waals surface area contributed by atoms with Gasteiger partial charge in [0.05, 0.1) is 17.6 Å². The quantitative estimate of drug-likeness (QED) is 0.748. The Hall–Kier alpha value is -1.84. The molecule has 0 saturated carbocycles. The molecule has 0 saturated heterocycles. The lowest BCUT2D eigenvalue weighted by Gasteiger charge is -2.01. The molecule has 0 aliphatic rings. The van der Waals surface area contributed by atoms with Crippen LogP contribution in [0.3, 0.4) is 0 Å². The number of hydrogen-bond donors (Lipinski definition) is 1. The van der Waals surface area contributed by atoms with Gasteiger partial charge in [0.15, 0.2) is 0 Å². The van der Waals surface area contributed by atoms with Crippen LogP contribution in [0.4, 0.5) is 10.1 Å². The van der Waals surface area contributed by atoms with Crippen molar-refractivity contribution in [1.29, 1.82) is 0 Å². The van der Waals surface area contributed by atoms with Crippen LogP contribution in [0.25, 0.3) is 5.69 Å². The number of hydrogen-bond acceptors (Lipinski definition) is 2. The van der Waals surface area contributed by atoms with Crippen LogP contribution in [0.2, 0.25) is 0 Å². The first-order chi connectivity index (χ1) is 6.68. The van der Waals surface area contributed by atoms with E-state index in [0.29, 0.717) is 17.1 Å². The minimum atomic E-state index is -0.310. The highest BCUT2D eigenvalue weighted by molar-refractivity contribution is 5.43. The first kappa shape index (κ1) is 8.74. The van der Waals surface area contributed by atoms with Crippen molar-refractivity contribution in [3.63, 3.8) is 0 Å². The summed E-state index contributed by atoms with van der Waals surface area (Å²) in [4.78, 5) is 0. The van der Waals surface area contributed by atoms with E-state index in [0.717, 1.165) is 0 Å². The van der Waals surface area contributed by atoms with Crippen molar-refractivity contribution < 1.29 is 4.39 Å². The fourth-order valence-electron chi connectivity index (χ4n) is 1.23. The number of nitrogens with two attached hydrogens (primary N) is 1. The van der Waals surface area contributed by atoms with Gasteiger partial charge in [0.25, 0.3) is 0 Å². The molecular weight excluding hydrogens is 181 g/mol. The van der Waals surface area contributed by atoms with Crippen LogP contribution in [0.5, 0.6) is 0 Å². The van der Waals surface area contributed by atoms with Gasteiger partial charge in [0, 0.05) is 0 Å². The molecule has 1 heterocycles. The number of aromatic nitrogens is 2. The summed E-state index contributed by atoms with van der Waals surface area (Å²) in [7, 11) is 0. The second-order valence-electron chi connectivity index (χ2n) is 3.07. The Morgan fingerprint density at radius 3 is 2.64 bits per heavy atom. The van der Waals surface area contributed by atoms with Crippen molar-refractivity contribution in [3.05, 3.63) is 42.0 Å². The first-order valence-electron chi connectivity index (χ1n) is 4.25. The summed E-state index contributed by atoms with van der Waals surface area (Å²) >= 11 is 0. The second-order valence-corrected chi connectivity index (χ2v) is 3.07. The van der Waals surface area contributed by atoms with Crippen molar-refractivity contribution in [2.45, 2.75) is 6.92 Å². The summed E-state index contributed by atoms with van der Waals surface area (Å²) in [6.07, 6.45) is 1.60. The molecule has 2 rings (SSSR count). The Balaban J connectivity index is 2.55. The average Bonchev–Trinajstić information content (AvgIpc) is 2.48. The van der Waals surface area contributed by atoms with Crippen LogP contribution in [0.15, 0.2) is 30.5 Å². The number of rotatable bonds is 1. The summed E-state index contributed by atoms with van der Waals surface area (Å²) in [5.41, 5.74) is 7.30.